The van der Waals surface area contributed by atoms with Crippen molar-refractivity contribution in [2.24, 2.45) is 18.9 Å². The highest BCUT2D eigenvalue weighted by Crippen LogP contribution is 2.28. The number of nitrogens with zero attached hydrogens (tertiary/aromatic N) is 2. The monoisotopic (exact) mass is 221 g/mol. The number of rotatable bonds is 3. The van der Waals surface area contributed by atoms with Crippen molar-refractivity contribution >= 4 is 5.95 Å². The van der Waals surface area contributed by atoms with Gasteiger partial charge in [0.1, 0.15) is 0 Å². The Balaban J connectivity index is 1.81. The van der Waals surface area contributed by atoms with Crippen LogP contribution in [0.15, 0.2) is 6.20 Å². The van der Waals surface area contributed by atoms with Crippen LogP contribution in [-0.2, 0) is 7.05 Å². The number of aromatic nitrogens is 2. The molecule has 1 aliphatic carbocycles. The fourth-order valence-corrected chi connectivity index (χ4v) is 2.55. The predicted molar refractivity (Wildman–Crippen MR) is 67.6 cm³/mol. The summed E-state index contributed by atoms with van der Waals surface area (Å²) in [5, 5.41) is 3.47. The second-order valence-corrected chi connectivity index (χ2v) is 5.32. The average molecular weight is 221 g/mol. The van der Waals surface area contributed by atoms with E-state index in [0.717, 1.165) is 30.0 Å². The third-order valence-corrected chi connectivity index (χ3v) is 3.68. The van der Waals surface area contributed by atoms with Crippen LogP contribution in [-0.4, -0.2) is 16.1 Å². The minimum atomic E-state index is 0.841. The van der Waals surface area contributed by atoms with Crippen LogP contribution in [0, 0.1) is 18.8 Å². The molecule has 90 valence electrons. The van der Waals surface area contributed by atoms with E-state index in [1.54, 1.807) is 0 Å². The van der Waals surface area contributed by atoms with E-state index in [-0.39, 0.29) is 0 Å². The SMILES string of the molecule is Cc1cn(C)c(NCC2CCC(C)CC2)n1. The normalized spacial score (nSPS) is 25.7. The Hall–Kier alpha value is -0.990. The molecule has 0 aromatic carbocycles. The van der Waals surface area contributed by atoms with Crippen LogP contribution in [0.25, 0.3) is 0 Å². The molecule has 3 heteroatoms. The molecule has 1 fully saturated rings. The van der Waals surface area contributed by atoms with Gasteiger partial charge < -0.3 is 9.88 Å². The van der Waals surface area contributed by atoms with Gasteiger partial charge in [-0.05, 0) is 31.6 Å². The molecule has 1 aliphatic rings. The van der Waals surface area contributed by atoms with E-state index in [1.807, 2.05) is 14.0 Å². The fraction of sp³-hybridized carbons (Fsp3) is 0.769. The Kier molecular flexibility index (Phi) is 3.52. The van der Waals surface area contributed by atoms with E-state index in [9.17, 15) is 0 Å². The van der Waals surface area contributed by atoms with Crippen molar-refractivity contribution in [3.05, 3.63) is 11.9 Å². The third kappa shape index (κ3) is 2.77. The molecule has 1 saturated carbocycles. The number of imidazole rings is 1. The van der Waals surface area contributed by atoms with Crippen molar-refractivity contribution in [3.63, 3.8) is 0 Å². The van der Waals surface area contributed by atoms with E-state index in [0.29, 0.717) is 0 Å². The van der Waals surface area contributed by atoms with Crippen LogP contribution in [0.1, 0.15) is 38.3 Å². The van der Waals surface area contributed by atoms with Crippen LogP contribution in [0.4, 0.5) is 5.95 Å². The van der Waals surface area contributed by atoms with Crippen LogP contribution >= 0.6 is 0 Å². The van der Waals surface area contributed by atoms with Crippen molar-refractivity contribution in [3.8, 4) is 0 Å². The van der Waals surface area contributed by atoms with Crippen molar-refractivity contribution < 1.29 is 0 Å². The fourth-order valence-electron chi connectivity index (χ4n) is 2.55. The summed E-state index contributed by atoms with van der Waals surface area (Å²) in [6, 6.07) is 0. The smallest absolute Gasteiger partial charge is 0.202 e. The molecule has 0 aliphatic heterocycles. The number of hydrogen-bond donors (Lipinski definition) is 1. The van der Waals surface area contributed by atoms with E-state index in [1.165, 1.54) is 25.7 Å². The van der Waals surface area contributed by atoms with Crippen molar-refractivity contribution in [1.29, 1.82) is 0 Å². The van der Waals surface area contributed by atoms with Crippen molar-refractivity contribution in [2.45, 2.75) is 39.5 Å². The van der Waals surface area contributed by atoms with Gasteiger partial charge in [0.05, 0.1) is 5.69 Å². The minimum Gasteiger partial charge on any atom is -0.355 e. The van der Waals surface area contributed by atoms with Gasteiger partial charge in [-0.15, -0.1) is 0 Å². The zero-order valence-electron chi connectivity index (χ0n) is 10.7. The maximum atomic E-state index is 4.46. The lowest BCUT2D eigenvalue weighted by atomic mass is 9.83. The Morgan fingerprint density at radius 1 is 1.38 bits per heavy atom. The molecule has 1 heterocycles. The molecule has 0 bridgehead atoms. The summed E-state index contributed by atoms with van der Waals surface area (Å²) in [6.45, 7) is 5.48. The first-order valence-electron chi connectivity index (χ1n) is 6.39. The third-order valence-electron chi connectivity index (χ3n) is 3.68. The summed E-state index contributed by atoms with van der Waals surface area (Å²) in [4.78, 5) is 4.46. The van der Waals surface area contributed by atoms with E-state index >= 15 is 0 Å². The van der Waals surface area contributed by atoms with Gasteiger partial charge in [-0.2, -0.15) is 0 Å². The molecule has 1 aromatic rings. The molecule has 0 spiro atoms. The van der Waals surface area contributed by atoms with E-state index in [4.69, 9.17) is 0 Å². The van der Waals surface area contributed by atoms with Crippen LogP contribution in [0.5, 0.6) is 0 Å². The summed E-state index contributed by atoms with van der Waals surface area (Å²) < 4.78 is 2.07. The van der Waals surface area contributed by atoms with Crippen LogP contribution < -0.4 is 5.32 Å². The molecular formula is C13H23N3. The molecule has 0 radical (unpaired) electrons. The molecule has 0 atom stereocenters. The predicted octanol–water partition coefficient (Wildman–Crippen LogP) is 2.97. The Morgan fingerprint density at radius 2 is 2.06 bits per heavy atom. The zero-order chi connectivity index (χ0) is 11.5. The largest absolute Gasteiger partial charge is 0.355 e. The van der Waals surface area contributed by atoms with E-state index in [2.05, 4.69) is 28.0 Å². The van der Waals surface area contributed by atoms with Crippen LogP contribution in [0.2, 0.25) is 0 Å². The summed E-state index contributed by atoms with van der Waals surface area (Å²) in [7, 11) is 2.05. The lowest BCUT2D eigenvalue weighted by molar-refractivity contribution is 0.300. The second-order valence-electron chi connectivity index (χ2n) is 5.32. The number of hydrogen-bond acceptors (Lipinski definition) is 2. The number of aryl methyl sites for hydroxylation is 2. The highest BCUT2D eigenvalue weighted by Gasteiger charge is 2.18. The maximum Gasteiger partial charge on any atom is 0.202 e. The number of anilines is 1. The summed E-state index contributed by atoms with van der Waals surface area (Å²) >= 11 is 0. The number of nitrogens with one attached hydrogen (secondary N) is 1. The molecule has 1 N–H and O–H groups in total. The summed E-state index contributed by atoms with van der Waals surface area (Å²) in [5.41, 5.74) is 1.09. The van der Waals surface area contributed by atoms with Gasteiger partial charge in [0.25, 0.3) is 0 Å². The first-order chi connectivity index (χ1) is 7.65. The van der Waals surface area contributed by atoms with Gasteiger partial charge in [0, 0.05) is 19.8 Å². The molecule has 16 heavy (non-hydrogen) atoms. The van der Waals surface area contributed by atoms with Crippen molar-refractivity contribution in [1.82, 2.24) is 9.55 Å². The highest BCUT2D eigenvalue weighted by molar-refractivity contribution is 5.28. The molecule has 2 rings (SSSR count). The Labute approximate surface area is 98.3 Å². The van der Waals surface area contributed by atoms with Crippen LogP contribution in [0.3, 0.4) is 0 Å². The average Bonchev–Trinajstić information content (AvgIpc) is 2.57. The molecule has 0 amide bonds. The quantitative estimate of drug-likeness (QED) is 0.850. The van der Waals surface area contributed by atoms with Gasteiger partial charge in [0.2, 0.25) is 5.95 Å². The molecule has 0 unspecified atom stereocenters. The first kappa shape index (κ1) is 11.5. The lowest BCUT2D eigenvalue weighted by Crippen LogP contribution is -2.21. The minimum absolute atomic E-state index is 0.841. The van der Waals surface area contributed by atoms with Gasteiger partial charge in [-0.25, -0.2) is 4.98 Å². The molecule has 1 aromatic heterocycles. The Bertz CT molecular complexity index is 335. The highest BCUT2D eigenvalue weighted by atomic mass is 15.2. The zero-order valence-corrected chi connectivity index (χ0v) is 10.7. The summed E-state index contributed by atoms with van der Waals surface area (Å²) in [5.74, 6) is 2.79. The summed E-state index contributed by atoms with van der Waals surface area (Å²) in [6.07, 6.45) is 7.60. The van der Waals surface area contributed by atoms with E-state index < -0.39 is 0 Å². The standard InChI is InChI=1S/C13H23N3/c1-10-4-6-12(7-5-10)8-14-13-15-11(2)9-16(13)3/h9-10,12H,4-8H2,1-3H3,(H,14,15). The Morgan fingerprint density at radius 3 is 2.62 bits per heavy atom. The van der Waals surface area contributed by atoms with Gasteiger partial charge in [-0.1, -0.05) is 19.8 Å². The molecule has 3 nitrogen and oxygen atoms in total. The van der Waals surface area contributed by atoms with Crippen molar-refractivity contribution in [2.75, 3.05) is 11.9 Å². The van der Waals surface area contributed by atoms with Gasteiger partial charge in [0.15, 0.2) is 0 Å². The van der Waals surface area contributed by atoms with Gasteiger partial charge in [-0.3, -0.25) is 0 Å². The van der Waals surface area contributed by atoms with Gasteiger partial charge >= 0.3 is 0 Å². The topological polar surface area (TPSA) is 29.9 Å². The molecule has 0 saturated heterocycles. The first-order valence-corrected chi connectivity index (χ1v) is 6.39. The molecular weight excluding hydrogens is 198 g/mol. The maximum absolute atomic E-state index is 4.46. The second kappa shape index (κ2) is 4.89. The lowest BCUT2D eigenvalue weighted by Gasteiger charge is -2.26.